The molecule has 170 valence electrons. The van der Waals surface area contributed by atoms with Gasteiger partial charge in [0, 0.05) is 17.8 Å². The smallest absolute Gasteiger partial charge is 0.343 e. The molecule has 2 aliphatic heterocycles. The second-order valence-corrected chi connectivity index (χ2v) is 9.60. The lowest BCUT2D eigenvalue weighted by Gasteiger charge is -2.29. The van der Waals surface area contributed by atoms with Crippen LogP contribution >= 0.6 is 0 Å². The van der Waals surface area contributed by atoms with Crippen molar-refractivity contribution in [1.82, 2.24) is 0 Å². The minimum Gasteiger partial charge on any atom is -0.493 e. The molecule has 9 nitrogen and oxygen atoms in total. The Kier molecular flexibility index (Phi) is 5.72. The minimum absolute atomic E-state index is 0.0687. The Labute approximate surface area is 186 Å². The third kappa shape index (κ3) is 3.97. The summed E-state index contributed by atoms with van der Waals surface area (Å²) < 4.78 is 41.4. The van der Waals surface area contributed by atoms with Gasteiger partial charge in [0.25, 0.3) is 0 Å². The lowest BCUT2D eigenvalue weighted by atomic mass is 10.0. The highest BCUT2D eigenvalue weighted by Crippen LogP contribution is 2.43. The van der Waals surface area contributed by atoms with Crippen LogP contribution in [0.15, 0.2) is 30.3 Å². The van der Waals surface area contributed by atoms with Gasteiger partial charge >= 0.3 is 5.97 Å². The molecule has 1 N–H and O–H groups in total. The average molecular weight is 461 g/mol. The first kappa shape index (κ1) is 21.9. The minimum atomic E-state index is -3.36. The van der Waals surface area contributed by atoms with E-state index < -0.39 is 22.1 Å². The zero-order valence-corrected chi connectivity index (χ0v) is 18.8. The van der Waals surface area contributed by atoms with E-state index >= 15 is 0 Å². The van der Waals surface area contributed by atoms with Crippen molar-refractivity contribution < 1.29 is 32.2 Å². The van der Waals surface area contributed by atoms with Crippen LogP contribution in [0.2, 0.25) is 0 Å². The van der Waals surface area contributed by atoms with E-state index in [1.165, 1.54) is 24.8 Å². The Bertz CT molecular complexity index is 1190. The Morgan fingerprint density at radius 3 is 2.69 bits per heavy atom. The Balaban J connectivity index is 1.51. The molecule has 0 bridgehead atoms. The fourth-order valence-electron chi connectivity index (χ4n) is 4.19. The number of aryl methyl sites for hydroxylation is 1. The van der Waals surface area contributed by atoms with Gasteiger partial charge < -0.3 is 19.5 Å². The van der Waals surface area contributed by atoms with Crippen molar-refractivity contribution in [2.45, 2.75) is 25.4 Å². The number of benzene rings is 2. The lowest BCUT2D eigenvalue weighted by Crippen LogP contribution is -2.34. The molecule has 2 aromatic carbocycles. The van der Waals surface area contributed by atoms with E-state index in [1.807, 2.05) is 0 Å². The molecule has 0 spiro atoms. The van der Waals surface area contributed by atoms with Gasteiger partial charge in [-0.25, -0.2) is 13.2 Å². The van der Waals surface area contributed by atoms with Gasteiger partial charge in [-0.15, -0.1) is 0 Å². The van der Waals surface area contributed by atoms with E-state index in [0.29, 0.717) is 35.7 Å². The summed E-state index contributed by atoms with van der Waals surface area (Å²) in [6, 6.07) is 8.52. The van der Waals surface area contributed by atoms with Crippen LogP contribution in [0, 0.1) is 0 Å². The Hall–Kier alpha value is -3.27. The van der Waals surface area contributed by atoms with Crippen LogP contribution in [0.4, 0.5) is 11.4 Å². The van der Waals surface area contributed by atoms with Gasteiger partial charge in [-0.3, -0.25) is 9.10 Å². The van der Waals surface area contributed by atoms with Crippen molar-refractivity contribution in [3.05, 3.63) is 47.0 Å². The lowest BCUT2D eigenvalue weighted by molar-refractivity contribution is -0.118. The van der Waals surface area contributed by atoms with Crippen molar-refractivity contribution >= 4 is 33.3 Å². The number of amides is 1. The number of nitrogens with one attached hydrogen (secondary N) is 1. The summed E-state index contributed by atoms with van der Waals surface area (Å²) in [7, 11) is -0.445. The largest absolute Gasteiger partial charge is 0.493 e. The van der Waals surface area contributed by atoms with Crippen LogP contribution in [-0.2, 0) is 26.0 Å². The number of methoxy groups -OCH3 is 2. The predicted octanol–water partition coefficient (Wildman–Crippen LogP) is 2.66. The summed E-state index contributed by atoms with van der Waals surface area (Å²) >= 11 is 0. The summed E-state index contributed by atoms with van der Waals surface area (Å²) in [4.78, 5) is 25.1. The number of ether oxygens (including phenoxy) is 3. The van der Waals surface area contributed by atoms with Gasteiger partial charge in [-0.1, -0.05) is 6.07 Å². The third-order valence-corrected chi connectivity index (χ3v) is 6.77. The van der Waals surface area contributed by atoms with Crippen molar-refractivity contribution in [2.75, 3.05) is 36.6 Å². The number of cyclic esters (lactones) is 1. The number of carbonyl (C=O) groups excluding carboxylic acids is 2. The highest BCUT2D eigenvalue weighted by atomic mass is 32.2. The SMILES string of the molecule is COc1ccc2c(c1OC)C(=O)O[C@@H]2CC(=O)Nc1ccc2c(c1)CCCN2S(C)(=O)=O. The van der Waals surface area contributed by atoms with Crippen molar-refractivity contribution in [2.24, 2.45) is 0 Å². The van der Waals surface area contributed by atoms with Crippen LogP contribution in [0.25, 0.3) is 0 Å². The first-order valence-electron chi connectivity index (χ1n) is 10.1. The average Bonchev–Trinajstić information content (AvgIpc) is 3.06. The zero-order chi connectivity index (χ0) is 23.0. The van der Waals surface area contributed by atoms with Crippen LogP contribution in [0.1, 0.15) is 40.4 Å². The molecule has 4 rings (SSSR count). The van der Waals surface area contributed by atoms with Crippen LogP contribution in [0.3, 0.4) is 0 Å². The molecule has 0 radical (unpaired) electrons. The second kappa shape index (κ2) is 8.34. The quantitative estimate of drug-likeness (QED) is 0.660. The highest BCUT2D eigenvalue weighted by molar-refractivity contribution is 7.92. The Morgan fingerprint density at radius 2 is 2.00 bits per heavy atom. The van der Waals surface area contributed by atoms with Crippen molar-refractivity contribution in [1.29, 1.82) is 0 Å². The maximum Gasteiger partial charge on any atom is 0.343 e. The van der Waals surface area contributed by atoms with Gasteiger partial charge in [0.05, 0.1) is 32.6 Å². The van der Waals surface area contributed by atoms with Gasteiger partial charge in [-0.2, -0.15) is 0 Å². The molecule has 2 heterocycles. The van der Waals surface area contributed by atoms with Gasteiger partial charge in [-0.05, 0) is 42.7 Å². The van der Waals surface area contributed by atoms with Gasteiger partial charge in [0.2, 0.25) is 15.9 Å². The number of nitrogens with zero attached hydrogens (tertiary/aromatic N) is 1. The number of carbonyl (C=O) groups is 2. The maximum atomic E-state index is 12.7. The molecular weight excluding hydrogens is 436 g/mol. The van der Waals surface area contributed by atoms with Crippen LogP contribution in [-0.4, -0.2) is 47.3 Å². The molecule has 0 saturated carbocycles. The number of sulfonamides is 1. The molecule has 0 aromatic heterocycles. The molecule has 1 amide bonds. The molecule has 0 unspecified atom stereocenters. The fraction of sp³-hybridized carbons (Fsp3) is 0.364. The molecule has 1 atom stereocenters. The van der Waals surface area contributed by atoms with E-state index in [0.717, 1.165) is 12.0 Å². The second-order valence-electron chi connectivity index (χ2n) is 7.69. The monoisotopic (exact) mass is 460 g/mol. The number of hydrogen-bond acceptors (Lipinski definition) is 7. The fourth-order valence-corrected chi connectivity index (χ4v) is 5.19. The standard InChI is InChI=1S/C22H24N2O7S/c1-29-17-9-7-15-18(31-22(26)20(15)21(17)30-2)12-19(25)23-14-6-8-16-13(11-14)5-4-10-24(16)32(3,27)28/h6-9,11,18H,4-5,10,12H2,1-3H3,(H,23,25)/t18-/m1/s1. The van der Waals surface area contributed by atoms with E-state index in [9.17, 15) is 18.0 Å². The molecule has 0 aliphatic carbocycles. The summed E-state index contributed by atoms with van der Waals surface area (Å²) in [6.45, 7) is 0.443. The zero-order valence-electron chi connectivity index (χ0n) is 18.0. The summed E-state index contributed by atoms with van der Waals surface area (Å²) in [6.07, 6.45) is 1.80. The number of anilines is 2. The molecular formula is C22H24N2O7S. The van der Waals surface area contributed by atoms with Crippen molar-refractivity contribution in [3.63, 3.8) is 0 Å². The van der Waals surface area contributed by atoms with E-state index in [1.54, 1.807) is 30.3 Å². The third-order valence-electron chi connectivity index (χ3n) is 5.59. The number of esters is 1. The van der Waals surface area contributed by atoms with Crippen LogP contribution < -0.4 is 19.1 Å². The highest BCUT2D eigenvalue weighted by Gasteiger charge is 2.37. The molecule has 2 aromatic rings. The maximum absolute atomic E-state index is 12.7. The molecule has 0 fully saturated rings. The predicted molar refractivity (Wildman–Crippen MR) is 118 cm³/mol. The van der Waals surface area contributed by atoms with E-state index in [2.05, 4.69) is 5.32 Å². The van der Waals surface area contributed by atoms with E-state index in [-0.39, 0.29) is 23.6 Å². The summed E-state index contributed by atoms with van der Waals surface area (Å²) in [5.41, 5.74) is 2.88. The van der Waals surface area contributed by atoms with Crippen LogP contribution in [0.5, 0.6) is 11.5 Å². The number of fused-ring (bicyclic) bond motifs is 2. The first-order chi connectivity index (χ1) is 15.2. The van der Waals surface area contributed by atoms with Gasteiger partial charge in [0.1, 0.15) is 11.7 Å². The number of hydrogen-bond donors (Lipinski definition) is 1. The topological polar surface area (TPSA) is 111 Å². The molecule has 2 aliphatic rings. The Morgan fingerprint density at radius 1 is 1.22 bits per heavy atom. The molecule has 10 heteroatoms. The number of rotatable bonds is 6. The van der Waals surface area contributed by atoms with E-state index in [4.69, 9.17) is 14.2 Å². The molecule has 0 saturated heterocycles. The first-order valence-corrected chi connectivity index (χ1v) is 11.9. The molecule has 32 heavy (non-hydrogen) atoms. The summed E-state index contributed by atoms with van der Waals surface area (Å²) in [5.74, 6) is -0.210. The van der Waals surface area contributed by atoms with Crippen molar-refractivity contribution in [3.8, 4) is 11.5 Å². The normalized spacial score (nSPS) is 17.3. The summed E-state index contributed by atoms with van der Waals surface area (Å²) in [5, 5.41) is 2.82. The van der Waals surface area contributed by atoms with Gasteiger partial charge in [0.15, 0.2) is 11.5 Å².